The molecule has 0 aromatic heterocycles. The lowest BCUT2D eigenvalue weighted by Gasteiger charge is -2.22. The summed E-state index contributed by atoms with van der Waals surface area (Å²) in [5, 5.41) is 18.0. The van der Waals surface area contributed by atoms with Crippen LogP contribution in [-0.2, 0) is 6.54 Å². The van der Waals surface area contributed by atoms with Crippen LogP contribution in [0.1, 0.15) is 24.0 Å². The van der Waals surface area contributed by atoms with Gasteiger partial charge < -0.3 is 5.11 Å². The number of halogens is 1. The Morgan fingerprint density at radius 1 is 1.53 bits per heavy atom. The number of rotatable bonds is 3. The third-order valence-corrected chi connectivity index (χ3v) is 3.25. The lowest BCUT2D eigenvalue weighted by Crippen LogP contribution is -2.31. The van der Waals surface area contributed by atoms with Crippen molar-refractivity contribution < 1.29 is 9.50 Å². The van der Waals surface area contributed by atoms with Gasteiger partial charge in [-0.25, -0.2) is 4.39 Å². The normalized spacial score (nSPS) is 20.4. The van der Waals surface area contributed by atoms with Crippen LogP contribution in [-0.4, -0.2) is 29.2 Å². The minimum Gasteiger partial charge on any atom is -0.395 e. The van der Waals surface area contributed by atoms with E-state index in [1.807, 2.05) is 6.07 Å². The van der Waals surface area contributed by atoms with E-state index < -0.39 is 5.82 Å². The van der Waals surface area contributed by atoms with Crippen LogP contribution < -0.4 is 0 Å². The Balaban J connectivity index is 2.11. The highest BCUT2D eigenvalue weighted by Crippen LogP contribution is 2.20. The van der Waals surface area contributed by atoms with Gasteiger partial charge in [-0.15, -0.1) is 0 Å². The average molecular weight is 234 g/mol. The van der Waals surface area contributed by atoms with E-state index in [4.69, 9.17) is 5.26 Å². The molecular weight excluding hydrogens is 219 g/mol. The van der Waals surface area contributed by atoms with Gasteiger partial charge in [-0.3, -0.25) is 4.90 Å². The summed E-state index contributed by atoms with van der Waals surface area (Å²) in [5.74, 6) is -0.476. The molecule has 4 heteroatoms. The second-order valence-corrected chi connectivity index (χ2v) is 4.38. The fourth-order valence-corrected chi connectivity index (χ4v) is 2.30. The summed E-state index contributed by atoms with van der Waals surface area (Å²) < 4.78 is 13.2. The predicted molar refractivity (Wildman–Crippen MR) is 61.6 cm³/mol. The first-order chi connectivity index (χ1) is 8.24. The van der Waals surface area contributed by atoms with Crippen LogP contribution in [0, 0.1) is 17.1 Å². The lowest BCUT2D eigenvalue weighted by atomic mass is 10.1. The first kappa shape index (κ1) is 12.0. The minimum atomic E-state index is -0.476. The van der Waals surface area contributed by atoms with Gasteiger partial charge in [0.2, 0.25) is 0 Å². The Bertz CT molecular complexity index is 442. The highest BCUT2D eigenvalue weighted by Gasteiger charge is 2.23. The molecule has 0 amide bonds. The molecular formula is C13H15FN2O. The van der Waals surface area contributed by atoms with Crippen molar-refractivity contribution in [2.75, 3.05) is 13.2 Å². The molecule has 90 valence electrons. The van der Waals surface area contributed by atoms with E-state index in [1.54, 1.807) is 12.1 Å². The van der Waals surface area contributed by atoms with Gasteiger partial charge in [0.05, 0.1) is 12.2 Å². The molecule has 0 aliphatic carbocycles. The van der Waals surface area contributed by atoms with Crippen molar-refractivity contribution in [3.05, 3.63) is 35.1 Å². The van der Waals surface area contributed by atoms with Crippen molar-refractivity contribution in [1.82, 2.24) is 4.90 Å². The number of likely N-dealkylation sites (tertiary alicyclic amines) is 1. The van der Waals surface area contributed by atoms with Crippen molar-refractivity contribution in [3.63, 3.8) is 0 Å². The van der Waals surface area contributed by atoms with Crippen LogP contribution in [0.5, 0.6) is 0 Å². The molecule has 0 unspecified atom stereocenters. The molecule has 1 aromatic carbocycles. The smallest absolute Gasteiger partial charge is 0.140 e. The Morgan fingerprint density at radius 3 is 3.06 bits per heavy atom. The summed E-state index contributed by atoms with van der Waals surface area (Å²) >= 11 is 0. The zero-order chi connectivity index (χ0) is 12.3. The molecule has 1 heterocycles. The van der Waals surface area contributed by atoms with E-state index in [2.05, 4.69) is 4.90 Å². The number of aliphatic hydroxyl groups excluding tert-OH is 1. The summed E-state index contributed by atoms with van der Waals surface area (Å²) in [5.41, 5.74) is 1.01. The molecule has 1 atom stereocenters. The van der Waals surface area contributed by atoms with Crippen molar-refractivity contribution in [1.29, 1.82) is 5.26 Å². The summed E-state index contributed by atoms with van der Waals surface area (Å²) in [6.45, 7) is 1.77. The van der Waals surface area contributed by atoms with Crippen LogP contribution in [0.25, 0.3) is 0 Å². The fourth-order valence-electron chi connectivity index (χ4n) is 2.30. The molecule has 17 heavy (non-hydrogen) atoms. The molecule has 2 rings (SSSR count). The summed E-state index contributed by atoms with van der Waals surface area (Å²) in [4.78, 5) is 2.17. The van der Waals surface area contributed by atoms with E-state index in [9.17, 15) is 9.50 Å². The number of benzene rings is 1. The Morgan fingerprint density at radius 2 is 2.35 bits per heavy atom. The van der Waals surface area contributed by atoms with E-state index in [1.165, 1.54) is 6.07 Å². The summed E-state index contributed by atoms with van der Waals surface area (Å²) in [6, 6.07) is 6.66. The average Bonchev–Trinajstić information content (AvgIpc) is 2.79. The number of nitrogens with zero attached hydrogens (tertiary/aromatic N) is 2. The highest BCUT2D eigenvalue weighted by atomic mass is 19.1. The van der Waals surface area contributed by atoms with Crippen LogP contribution in [0.3, 0.4) is 0 Å². The maximum atomic E-state index is 13.2. The largest absolute Gasteiger partial charge is 0.395 e. The molecule has 0 spiro atoms. The standard InChI is InChI=1S/C13H15FN2O/c14-13-4-3-10(6-11(13)7-15)8-16-5-1-2-12(16)9-17/h3-4,6,12,17H,1-2,5,8-9H2/t12-/m0/s1. The minimum absolute atomic E-state index is 0.0854. The third-order valence-electron chi connectivity index (χ3n) is 3.25. The Kier molecular flexibility index (Phi) is 3.72. The second kappa shape index (κ2) is 5.26. The lowest BCUT2D eigenvalue weighted by molar-refractivity contribution is 0.153. The molecule has 1 saturated heterocycles. The SMILES string of the molecule is N#Cc1cc(CN2CCC[C@H]2CO)ccc1F. The predicted octanol–water partition coefficient (Wildman–Crippen LogP) is 1.65. The Labute approximate surface area is 100 Å². The molecule has 0 bridgehead atoms. The van der Waals surface area contributed by atoms with Crippen LogP contribution in [0.2, 0.25) is 0 Å². The molecule has 0 saturated carbocycles. The van der Waals surface area contributed by atoms with E-state index in [-0.39, 0.29) is 18.2 Å². The second-order valence-electron chi connectivity index (χ2n) is 4.38. The molecule has 0 radical (unpaired) electrons. The number of hydrogen-bond acceptors (Lipinski definition) is 3. The molecule has 3 nitrogen and oxygen atoms in total. The van der Waals surface area contributed by atoms with Crippen LogP contribution in [0.15, 0.2) is 18.2 Å². The number of hydrogen-bond donors (Lipinski definition) is 1. The van der Waals surface area contributed by atoms with Crippen molar-refractivity contribution in [2.24, 2.45) is 0 Å². The maximum Gasteiger partial charge on any atom is 0.140 e. The summed E-state index contributed by atoms with van der Waals surface area (Å²) in [7, 11) is 0. The number of nitriles is 1. The summed E-state index contributed by atoms with van der Waals surface area (Å²) in [6.07, 6.45) is 2.08. The van der Waals surface area contributed by atoms with Crippen molar-refractivity contribution >= 4 is 0 Å². The highest BCUT2D eigenvalue weighted by molar-refractivity contribution is 5.34. The van der Waals surface area contributed by atoms with Gasteiger partial charge in [-0.2, -0.15) is 5.26 Å². The van der Waals surface area contributed by atoms with Gasteiger partial charge in [0, 0.05) is 12.6 Å². The van der Waals surface area contributed by atoms with Gasteiger partial charge >= 0.3 is 0 Å². The van der Waals surface area contributed by atoms with Gasteiger partial charge in [-0.05, 0) is 37.1 Å². The topological polar surface area (TPSA) is 47.3 Å². The van der Waals surface area contributed by atoms with E-state index in [0.29, 0.717) is 6.54 Å². The zero-order valence-corrected chi connectivity index (χ0v) is 9.56. The first-order valence-corrected chi connectivity index (χ1v) is 5.78. The molecule has 1 aromatic rings. The molecule has 1 fully saturated rings. The number of aliphatic hydroxyl groups is 1. The van der Waals surface area contributed by atoms with E-state index in [0.717, 1.165) is 24.9 Å². The Hall–Kier alpha value is -1.44. The van der Waals surface area contributed by atoms with E-state index >= 15 is 0 Å². The van der Waals surface area contributed by atoms with Gasteiger partial charge in [0.15, 0.2) is 0 Å². The monoisotopic (exact) mass is 234 g/mol. The first-order valence-electron chi connectivity index (χ1n) is 5.78. The van der Waals surface area contributed by atoms with Gasteiger partial charge in [-0.1, -0.05) is 6.07 Å². The molecule has 1 N–H and O–H groups in total. The van der Waals surface area contributed by atoms with Crippen molar-refractivity contribution in [3.8, 4) is 6.07 Å². The van der Waals surface area contributed by atoms with Gasteiger partial charge in [0.1, 0.15) is 11.9 Å². The van der Waals surface area contributed by atoms with Crippen molar-refractivity contribution in [2.45, 2.75) is 25.4 Å². The zero-order valence-electron chi connectivity index (χ0n) is 9.56. The third kappa shape index (κ3) is 2.63. The molecule has 1 aliphatic rings. The molecule has 1 aliphatic heterocycles. The fraction of sp³-hybridized carbons (Fsp3) is 0.462. The van der Waals surface area contributed by atoms with Gasteiger partial charge in [0.25, 0.3) is 0 Å². The van der Waals surface area contributed by atoms with Crippen LogP contribution in [0.4, 0.5) is 4.39 Å². The maximum absolute atomic E-state index is 13.2. The quantitative estimate of drug-likeness (QED) is 0.865. The van der Waals surface area contributed by atoms with Crippen LogP contribution >= 0.6 is 0 Å².